The molecule has 0 aliphatic carbocycles. The highest BCUT2D eigenvalue weighted by Crippen LogP contribution is 2.24. The number of aromatic nitrogens is 1. The molecule has 3 rings (SSSR count). The molecular formula is C17H14Cl2N2O2S. The number of nitrogens with zero attached hydrogens (tertiary/aromatic N) is 1. The summed E-state index contributed by atoms with van der Waals surface area (Å²) < 4.78 is 6.54. The van der Waals surface area contributed by atoms with E-state index in [2.05, 4.69) is 10.3 Å². The Kier molecular flexibility index (Phi) is 5.56. The van der Waals surface area contributed by atoms with Crippen molar-refractivity contribution in [3.8, 4) is 5.75 Å². The lowest BCUT2D eigenvalue weighted by molar-refractivity contribution is -0.123. The highest BCUT2D eigenvalue weighted by Gasteiger charge is 2.06. The van der Waals surface area contributed by atoms with Crippen molar-refractivity contribution in [1.82, 2.24) is 10.3 Å². The number of fused-ring (bicyclic) bond motifs is 1. The quantitative estimate of drug-likeness (QED) is 0.691. The van der Waals surface area contributed by atoms with Gasteiger partial charge in [-0.25, -0.2) is 4.98 Å². The van der Waals surface area contributed by atoms with E-state index < -0.39 is 0 Å². The predicted molar refractivity (Wildman–Crippen MR) is 98.3 cm³/mol. The first-order valence-corrected chi connectivity index (χ1v) is 8.87. The van der Waals surface area contributed by atoms with Crippen molar-refractivity contribution in [3.63, 3.8) is 0 Å². The van der Waals surface area contributed by atoms with E-state index in [4.69, 9.17) is 27.9 Å². The molecular weight excluding hydrogens is 367 g/mol. The van der Waals surface area contributed by atoms with Crippen LogP contribution in [0.4, 0.5) is 0 Å². The number of hydrogen-bond donors (Lipinski definition) is 1. The molecule has 4 nitrogen and oxygen atoms in total. The van der Waals surface area contributed by atoms with Crippen LogP contribution in [0.5, 0.6) is 5.75 Å². The van der Waals surface area contributed by atoms with E-state index in [0.29, 0.717) is 28.8 Å². The molecule has 0 bridgehead atoms. The third-order valence-corrected chi connectivity index (χ3v) is 4.74. The molecule has 1 aromatic heterocycles. The van der Waals surface area contributed by atoms with Gasteiger partial charge >= 0.3 is 0 Å². The molecule has 0 spiro atoms. The number of rotatable bonds is 6. The summed E-state index contributed by atoms with van der Waals surface area (Å²) >= 11 is 13.4. The minimum Gasteiger partial charge on any atom is -0.484 e. The SMILES string of the molecule is O=C(COc1cc(Cl)cc(Cl)c1)NCCc1nc2ccccc2s1. The standard InChI is InChI=1S/C17H14Cl2N2O2S/c18-11-7-12(19)9-13(8-11)23-10-16(22)20-6-5-17-21-14-3-1-2-4-15(14)24-17/h1-4,7-9H,5-6,10H2,(H,20,22). The van der Waals surface area contributed by atoms with E-state index in [-0.39, 0.29) is 12.5 Å². The Balaban J connectivity index is 1.45. The van der Waals surface area contributed by atoms with Crippen LogP contribution in [0.2, 0.25) is 10.0 Å². The topological polar surface area (TPSA) is 51.2 Å². The van der Waals surface area contributed by atoms with Gasteiger partial charge in [0.2, 0.25) is 0 Å². The Hall–Kier alpha value is -1.82. The third kappa shape index (κ3) is 4.60. The second kappa shape index (κ2) is 7.83. The van der Waals surface area contributed by atoms with Gasteiger partial charge in [-0.15, -0.1) is 11.3 Å². The minimum atomic E-state index is -0.202. The van der Waals surface area contributed by atoms with Gasteiger partial charge in [-0.3, -0.25) is 4.79 Å². The van der Waals surface area contributed by atoms with Gasteiger partial charge in [0.15, 0.2) is 6.61 Å². The molecule has 24 heavy (non-hydrogen) atoms. The Labute approximate surface area is 153 Å². The number of hydrogen-bond acceptors (Lipinski definition) is 4. The lowest BCUT2D eigenvalue weighted by Crippen LogP contribution is -2.30. The van der Waals surface area contributed by atoms with Gasteiger partial charge in [-0.1, -0.05) is 35.3 Å². The number of benzene rings is 2. The second-order valence-corrected chi connectivity index (χ2v) is 7.06. The Bertz CT molecular complexity index is 813. The molecule has 0 aliphatic rings. The van der Waals surface area contributed by atoms with Crippen molar-refractivity contribution in [2.75, 3.05) is 13.2 Å². The van der Waals surface area contributed by atoms with Gasteiger partial charge in [-0.2, -0.15) is 0 Å². The summed E-state index contributed by atoms with van der Waals surface area (Å²) in [4.78, 5) is 16.4. The molecule has 1 amide bonds. The summed E-state index contributed by atoms with van der Waals surface area (Å²) in [5.74, 6) is 0.265. The van der Waals surface area contributed by atoms with E-state index in [1.165, 1.54) is 0 Å². The van der Waals surface area contributed by atoms with Crippen molar-refractivity contribution >= 4 is 50.7 Å². The Morgan fingerprint density at radius 3 is 2.67 bits per heavy atom. The van der Waals surface area contributed by atoms with Gasteiger partial charge in [0.05, 0.1) is 15.2 Å². The highest BCUT2D eigenvalue weighted by atomic mass is 35.5. The summed E-state index contributed by atoms with van der Waals surface area (Å²) in [6, 6.07) is 12.8. The number of carbonyl (C=O) groups excluding carboxylic acids is 1. The zero-order valence-electron chi connectivity index (χ0n) is 12.6. The minimum absolute atomic E-state index is 0.0868. The monoisotopic (exact) mass is 380 g/mol. The zero-order chi connectivity index (χ0) is 16.9. The van der Waals surface area contributed by atoms with E-state index in [1.54, 1.807) is 29.5 Å². The van der Waals surface area contributed by atoms with Crippen LogP contribution >= 0.6 is 34.5 Å². The molecule has 0 fully saturated rings. The molecule has 0 unspecified atom stereocenters. The molecule has 2 aromatic carbocycles. The van der Waals surface area contributed by atoms with Gasteiger partial charge in [0, 0.05) is 23.0 Å². The highest BCUT2D eigenvalue weighted by molar-refractivity contribution is 7.18. The molecule has 3 aromatic rings. The van der Waals surface area contributed by atoms with E-state index in [0.717, 1.165) is 15.2 Å². The van der Waals surface area contributed by atoms with Gasteiger partial charge in [0.1, 0.15) is 5.75 Å². The van der Waals surface area contributed by atoms with E-state index in [1.807, 2.05) is 24.3 Å². The molecule has 0 aliphatic heterocycles. The number of carbonyl (C=O) groups is 1. The lowest BCUT2D eigenvalue weighted by Gasteiger charge is -2.07. The molecule has 124 valence electrons. The maximum absolute atomic E-state index is 11.8. The number of thiazole rings is 1. The third-order valence-electron chi connectivity index (χ3n) is 3.21. The fourth-order valence-electron chi connectivity index (χ4n) is 2.15. The average molecular weight is 381 g/mol. The van der Waals surface area contributed by atoms with Crippen molar-refractivity contribution in [2.45, 2.75) is 6.42 Å². The van der Waals surface area contributed by atoms with Gasteiger partial charge in [-0.05, 0) is 30.3 Å². The second-order valence-electron chi connectivity index (χ2n) is 5.07. The summed E-state index contributed by atoms with van der Waals surface area (Å²) in [5.41, 5.74) is 0.991. The van der Waals surface area contributed by atoms with Crippen LogP contribution < -0.4 is 10.1 Å². The molecule has 7 heteroatoms. The summed E-state index contributed by atoms with van der Waals surface area (Å²) in [6.45, 7) is 0.425. The molecule has 0 saturated heterocycles. The lowest BCUT2D eigenvalue weighted by atomic mass is 10.3. The van der Waals surface area contributed by atoms with Crippen LogP contribution in [-0.2, 0) is 11.2 Å². The Morgan fingerprint density at radius 1 is 1.17 bits per heavy atom. The summed E-state index contributed by atoms with van der Waals surface area (Å²) in [5, 5.41) is 4.74. The summed E-state index contributed by atoms with van der Waals surface area (Å²) in [6.07, 6.45) is 0.689. The number of para-hydroxylation sites is 1. The smallest absolute Gasteiger partial charge is 0.257 e. The first kappa shape index (κ1) is 17.0. The largest absolute Gasteiger partial charge is 0.484 e. The van der Waals surface area contributed by atoms with Crippen LogP contribution in [0.25, 0.3) is 10.2 Å². The molecule has 1 N–H and O–H groups in total. The fraction of sp³-hybridized carbons (Fsp3) is 0.176. The number of halogens is 2. The van der Waals surface area contributed by atoms with Crippen molar-refractivity contribution in [2.24, 2.45) is 0 Å². The maximum atomic E-state index is 11.8. The van der Waals surface area contributed by atoms with E-state index in [9.17, 15) is 4.79 Å². The Morgan fingerprint density at radius 2 is 1.92 bits per heavy atom. The molecule has 1 heterocycles. The predicted octanol–water partition coefficient (Wildman–Crippen LogP) is 4.34. The maximum Gasteiger partial charge on any atom is 0.257 e. The molecule has 0 saturated carbocycles. The first-order valence-electron chi connectivity index (χ1n) is 7.30. The van der Waals surface area contributed by atoms with Crippen LogP contribution in [0.15, 0.2) is 42.5 Å². The van der Waals surface area contributed by atoms with Crippen molar-refractivity contribution in [1.29, 1.82) is 0 Å². The fourth-order valence-corrected chi connectivity index (χ4v) is 3.62. The number of ether oxygens (including phenoxy) is 1. The van der Waals surface area contributed by atoms with Gasteiger partial charge in [0.25, 0.3) is 5.91 Å². The van der Waals surface area contributed by atoms with Crippen LogP contribution in [0.3, 0.4) is 0 Å². The van der Waals surface area contributed by atoms with Gasteiger partial charge < -0.3 is 10.1 Å². The average Bonchev–Trinajstić information content (AvgIpc) is 2.95. The number of nitrogens with one attached hydrogen (secondary N) is 1. The van der Waals surface area contributed by atoms with Crippen LogP contribution in [0, 0.1) is 0 Å². The summed E-state index contributed by atoms with van der Waals surface area (Å²) in [7, 11) is 0. The number of amides is 1. The van der Waals surface area contributed by atoms with Crippen molar-refractivity contribution in [3.05, 3.63) is 57.5 Å². The normalized spacial score (nSPS) is 10.8. The molecule has 0 atom stereocenters. The van der Waals surface area contributed by atoms with E-state index >= 15 is 0 Å². The first-order chi connectivity index (χ1) is 11.6. The van der Waals surface area contributed by atoms with Crippen LogP contribution in [0.1, 0.15) is 5.01 Å². The molecule has 0 radical (unpaired) electrons. The van der Waals surface area contributed by atoms with Crippen molar-refractivity contribution < 1.29 is 9.53 Å². The van der Waals surface area contributed by atoms with Crippen LogP contribution in [-0.4, -0.2) is 24.0 Å². The zero-order valence-corrected chi connectivity index (χ0v) is 14.9.